The molecule has 0 saturated heterocycles. The van der Waals surface area contributed by atoms with Crippen LogP contribution in [0.25, 0.3) is 5.76 Å². The summed E-state index contributed by atoms with van der Waals surface area (Å²) in [5.74, 6) is -5.38. The zero-order chi connectivity index (χ0) is 26.9. The van der Waals surface area contributed by atoms with Crippen LogP contribution in [0.2, 0.25) is 25.7 Å². The standard InChI is InChI=1S/C27H35NO7Si/c1-13(29)19-24(32)22(28(2)3)17-12-15-11-16-14(9-10-36(4,5)6)7-8-18(30)21(16)23(31)20(15)26(34)27(17,35)25(19)33/h7-8,15,17,22,30-31,33,35H,9-12H2,1-6H3/t15-,17-,22-,27+/m0/s1. The Morgan fingerprint density at radius 2 is 1.78 bits per heavy atom. The van der Waals surface area contributed by atoms with E-state index in [2.05, 4.69) is 19.6 Å². The van der Waals surface area contributed by atoms with Gasteiger partial charge in [-0.1, -0.05) is 31.8 Å². The van der Waals surface area contributed by atoms with Crippen LogP contribution in [0.3, 0.4) is 0 Å². The number of likely N-dealkylation sites (N-methyl/N-ethyl adjacent to an activating group) is 1. The number of ketones is 3. The summed E-state index contributed by atoms with van der Waals surface area (Å²) in [6.45, 7) is 7.91. The van der Waals surface area contributed by atoms with Crippen molar-refractivity contribution in [2.75, 3.05) is 14.1 Å². The second kappa shape index (κ2) is 8.67. The van der Waals surface area contributed by atoms with Gasteiger partial charge < -0.3 is 20.4 Å². The van der Waals surface area contributed by atoms with Crippen molar-refractivity contribution in [3.8, 4) is 5.75 Å². The number of nitrogens with zero attached hydrogens (tertiary/aromatic N) is 1. The number of Topliss-reactive ketones (excluding diaryl/α,β-unsaturated/α-hetero) is 3. The van der Waals surface area contributed by atoms with Gasteiger partial charge in [0.25, 0.3) is 0 Å². The fourth-order valence-electron chi connectivity index (χ4n) is 6.15. The molecule has 4 atom stereocenters. The third-order valence-electron chi connectivity index (χ3n) is 7.95. The molecular formula is C27H35NO7Si. The topological polar surface area (TPSA) is 135 Å². The maximum absolute atomic E-state index is 13.9. The van der Waals surface area contributed by atoms with E-state index in [9.17, 15) is 34.8 Å². The van der Waals surface area contributed by atoms with Gasteiger partial charge in [0.2, 0.25) is 5.78 Å². The Hall–Kier alpha value is -2.75. The van der Waals surface area contributed by atoms with E-state index in [0.29, 0.717) is 6.42 Å². The lowest BCUT2D eigenvalue weighted by molar-refractivity contribution is -0.153. The average molecular weight is 514 g/mol. The predicted molar refractivity (Wildman–Crippen MR) is 138 cm³/mol. The molecule has 1 aromatic rings. The Morgan fingerprint density at radius 1 is 1.14 bits per heavy atom. The number of hydrogen-bond donors (Lipinski definition) is 4. The van der Waals surface area contributed by atoms with E-state index in [-0.39, 0.29) is 23.3 Å². The second-order valence-electron chi connectivity index (χ2n) is 11.8. The van der Waals surface area contributed by atoms with Crippen molar-refractivity contribution in [3.05, 3.63) is 45.7 Å². The molecule has 3 aliphatic rings. The van der Waals surface area contributed by atoms with Gasteiger partial charge in [-0.2, -0.15) is 0 Å². The van der Waals surface area contributed by atoms with E-state index in [1.807, 2.05) is 6.07 Å². The molecule has 0 unspecified atom stereocenters. The van der Waals surface area contributed by atoms with E-state index < -0.39 is 66.0 Å². The molecule has 0 aromatic heterocycles. The summed E-state index contributed by atoms with van der Waals surface area (Å²) in [6.07, 6.45) is 1.26. The van der Waals surface area contributed by atoms with E-state index in [4.69, 9.17) is 0 Å². The third kappa shape index (κ3) is 3.84. The van der Waals surface area contributed by atoms with Crippen LogP contribution in [0, 0.1) is 11.8 Å². The van der Waals surface area contributed by atoms with Gasteiger partial charge in [0, 0.05) is 19.6 Å². The van der Waals surface area contributed by atoms with Gasteiger partial charge in [-0.3, -0.25) is 19.3 Å². The summed E-state index contributed by atoms with van der Waals surface area (Å²) in [5.41, 5.74) is -1.27. The highest BCUT2D eigenvalue weighted by molar-refractivity contribution is 6.76. The zero-order valence-electron chi connectivity index (χ0n) is 21.7. The molecule has 194 valence electrons. The molecule has 8 nitrogen and oxygen atoms in total. The Kier molecular flexibility index (Phi) is 6.34. The van der Waals surface area contributed by atoms with Crippen molar-refractivity contribution >= 4 is 31.2 Å². The van der Waals surface area contributed by atoms with Crippen molar-refractivity contribution in [1.29, 1.82) is 0 Å². The minimum atomic E-state index is -2.54. The molecule has 4 N–H and O–H groups in total. The Balaban J connectivity index is 1.91. The number of carbonyl (C=O) groups excluding carboxylic acids is 3. The van der Waals surface area contributed by atoms with Crippen molar-refractivity contribution in [1.82, 2.24) is 4.90 Å². The van der Waals surface area contributed by atoms with Crippen LogP contribution < -0.4 is 0 Å². The number of phenols is 1. The van der Waals surface area contributed by atoms with Gasteiger partial charge >= 0.3 is 0 Å². The van der Waals surface area contributed by atoms with Crippen LogP contribution in [0.1, 0.15) is 30.0 Å². The Morgan fingerprint density at radius 3 is 2.33 bits per heavy atom. The molecule has 0 radical (unpaired) electrons. The van der Waals surface area contributed by atoms with Crippen molar-refractivity contribution < 1.29 is 34.8 Å². The largest absolute Gasteiger partial charge is 0.508 e. The maximum Gasteiger partial charge on any atom is 0.202 e. The Labute approximate surface area is 212 Å². The fraction of sp³-hybridized carbons (Fsp3) is 0.519. The molecule has 0 aliphatic heterocycles. The van der Waals surface area contributed by atoms with Gasteiger partial charge in [-0.25, -0.2) is 0 Å². The number of aromatic hydroxyl groups is 1. The molecule has 36 heavy (non-hydrogen) atoms. The first-order valence-electron chi connectivity index (χ1n) is 12.3. The first-order valence-corrected chi connectivity index (χ1v) is 16.0. The molecule has 0 heterocycles. The van der Waals surface area contributed by atoms with Gasteiger partial charge in [-0.05, 0) is 63.4 Å². The van der Waals surface area contributed by atoms with Crippen LogP contribution in [-0.4, -0.2) is 76.5 Å². The number of aliphatic hydroxyl groups excluding tert-OH is 2. The molecule has 1 fully saturated rings. The number of fused-ring (bicyclic) bond motifs is 3. The highest BCUT2D eigenvalue weighted by Crippen LogP contribution is 2.53. The van der Waals surface area contributed by atoms with Crippen molar-refractivity contribution in [2.24, 2.45) is 11.8 Å². The molecule has 1 saturated carbocycles. The van der Waals surface area contributed by atoms with Crippen LogP contribution in [0.4, 0.5) is 0 Å². The van der Waals surface area contributed by atoms with Gasteiger partial charge in [0.1, 0.15) is 22.8 Å². The van der Waals surface area contributed by atoms with Crippen molar-refractivity contribution in [3.63, 3.8) is 0 Å². The first-order chi connectivity index (χ1) is 16.6. The molecule has 4 rings (SSSR count). The van der Waals surface area contributed by atoms with Crippen LogP contribution in [0.5, 0.6) is 5.75 Å². The number of benzene rings is 1. The normalized spacial score (nSPS) is 28.3. The number of aliphatic hydroxyl groups is 3. The van der Waals surface area contributed by atoms with E-state index in [1.54, 1.807) is 19.0 Å². The summed E-state index contributed by atoms with van der Waals surface area (Å²) in [4.78, 5) is 40.9. The highest BCUT2D eigenvalue weighted by Gasteiger charge is 2.64. The predicted octanol–water partition coefficient (Wildman–Crippen LogP) is 2.95. The summed E-state index contributed by atoms with van der Waals surface area (Å²) in [7, 11) is 1.87. The molecule has 0 amide bonds. The highest BCUT2D eigenvalue weighted by atomic mass is 28.3. The summed E-state index contributed by atoms with van der Waals surface area (Å²) in [6, 6.07) is 3.37. The number of phenolic OH excluding ortho intramolecular Hbond substituents is 1. The Bertz CT molecular complexity index is 1240. The van der Waals surface area contributed by atoms with Gasteiger partial charge in [-0.15, -0.1) is 0 Å². The number of aryl methyl sites for hydroxylation is 1. The molecule has 9 heteroatoms. The molecular weight excluding hydrogens is 478 g/mol. The summed E-state index contributed by atoms with van der Waals surface area (Å²) >= 11 is 0. The van der Waals surface area contributed by atoms with Gasteiger partial charge in [0.05, 0.1) is 11.6 Å². The second-order valence-corrected chi connectivity index (χ2v) is 17.4. The van der Waals surface area contributed by atoms with Gasteiger partial charge in [0.15, 0.2) is 17.2 Å². The first kappa shape index (κ1) is 26.3. The average Bonchev–Trinajstić information content (AvgIpc) is 2.74. The van der Waals surface area contributed by atoms with E-state index >= 15 is 0 Å². The monoisotopic (exact) mass is 513 g/mol. The lowest BCUT2D eigenvalue weighted by Crippen LogP contribution is -2.65. The summed E-state index contributed by atoms with van der Waals surface area (Å²) < 4.78 is 0. The molecule has 3 aliphatic carbocycles. The minimum Gasteiger partial charge on any atom is -0.508 e. The van der Waals surface area contributed by atoms with Crippen LogP contribution in [0.15, 0.2) is 29.0 Å². The van der Waals surface area contributed by atoms with Crippen LogP contribution in [-0.2, 0) is 27.2 Å². The third-order valence-corrected chi connectivity index (χ3v) is 9.70. The number of carbonyl (C=O) groups is 3. The molecule has 0 bridgehead atoms. The number of rotatable bonds is 5. The fourth-order valence-corrected chi connectivity index (χ4v) is 7.17. The van der Waals surface area contributed by atoms with Crippen molar-refractivity contribution in [2.45, 2.75) is 63.5 Å². The van der Waals surface area contributed by atoms with Crippen LogP contribution >= 0.6 is 0 Å². The quantitative estimate of drug-likeness (QED) is 0.349. The SMILES string of the molecule is CC(=O)C1=C(O)[C@@]2(O)C(=O)C3=C(O)c4c(O)ccc(CC[Si](C)(C)C)c4C[C@H]3C[C@H]2[C@H](N(C)C)C1=O. The lowest BCUT2D eigenvalue weighted by Gasteiger charge is -2.50. The smallest absolute Gasteiger partial charge is 0.202 e. The van der Waals surface area contributed by atoms with E-state index in [1.165, 1.54) is 6.07 Å². The minimum absolute atomic E-state index is 0.0831. The molecule has 1 aromatic carbocycles. The maximum atomic E-state index is 13.9. The lowest BCUT2D eigenvalue weighted by atomic mass is 9.57. The zero-order valence-corrected chi connectivity index (χ0v) is 22.7. The molecule has 0 spiro atoms. The summed E-state index contributed by atoms with van der Waals surface area (Å²) in [5, 5.41) is 44.6. The number of hydrogen-bond acceptors (Lipinski definition) is 8. The van der Waals surface area contributed by atoms with E-state index in [0.717, 1.165) is 30.5 Å².